The molecular formula is C15H21NS. The summed E-state index contributed by atoms with van der Waals surface area (Å²) in [4.78, 5) is 1.37. The van der Waals surface area contributed by atoms with E-state index in [4.69, 9.17) is 5.73 Å². The van der Waals surface area contributed by atoms with Gasteiger partial charge in [0.25, 0.3) is 0 Å². The summed E-state index contributed by atoms with van der Waals surface area (Å²) in [5.74, 6) is 0.679. The van der Waals surface area contributed by atoms with Crippen LogP contribution < -0.4 is 5.73 Å². The first-order chi connectivity index (χ1) is 8.04. The summed E-state index contributed by atoms with van der Waals surface area (Å²) in [5.41, 5.74) is 10.2. The maximum Gasteiger partial charge on any atom is 0.0380 e. The minimum Gasteiger partial charge on any atom is -0.326 e. The van der Waals surface area contributed by atoms with Gasteiger partial charge in [-0.25, -0.2) is 0 Å². The van der Waals surface area contributed by atoms with Gasteiger partial charge in [0.1, 0.15) is 0 Å². The summed E-state index contributed by atoms with van der Waals surface area (Å²) in [6.45, 7) is 9.61. The van der Waals surface area contributed by atoms with Crippen LogP contribution in [0.25, 0.3) is 10.1 Å². The van der Waals surface area contributed by atoms with Gasteiger partial charge in [0.05, 0.1) is 0 Å². The summed E-state index contributed by atoms with van der Waals surface area (Å²) in [6, 6.07) is 4.45. The maximum atomic E-state index is 5.90. The topological polar surface area (TPSA) is 26.0 Å². The molecule has 0 saturated heterocycles. The predicted molar refractivity (Wildman–Crippen MR) is 77.7 cm³/mol. The van der Waals surface area contributed by atoms with Crippen molar-refractivity contribution >= 4 is 21.4 Å². The van der Waals surface area contributed by atoms with Gasteiger partial charge in [0.2, 0.25) is 0 Å². The van der Waals surface area contributed by atoms with Gasteiger partial charge < -0.3 is 5.73 Å². The van der Waals surface area contributed by atoms with Crippen LogP contribution in [-0.4, -0.2) is 0 Å². The van der Waals surface area contributed by atoms with Crippen molar-refractivity contribution in [3.05, 3.63) is 33.7 Å². The zero-order valence-electron chi connectivity index (χ0n) is 11.1. The molecule has 0 amide bonds. The lowest BCUT2D eigenvalue weighted by atomic mass is 9.96. The first-order valence-corrected chi connectivity index (χ1v) is 7.06. The van der Waals surface area contributed by atoms with Crippen LogP contribution in [0.15, 0.2) is 12.1 Å². The second-order valence-corrected chi connectivity index (χ2v) is 6.31. The molecule has 0 fully saturated rings. The van der Waals surface area contributed by atoms with Crippen molar-refractivity contribution < 1.29 is 0 Å². The Bertz CT molecular complexity index is 537. The van der Waals surface area contributed by atoms with Gasteiger partial charge in [-0.15, -0.1) is 11.3 Å². The van der Waals surface area contributed by atoms with E-state index in [2.05, 4.69) is 39.8 Å². The minimum atomic E-state index is 0.667. The maximum absolute atomic E-state index is 5.90. The fraction of sp³-hybridized carbons (Fsp3) is 0.467. The molecule has 0 atom stereocenters. The quantitative estimate of drug-likeness (QED) is 0.865. The molecule has 92 valence electrons. The summed E-state index contributed by atoms with van der Waals surface area (Å²) in [7, 11) is 0. The van der Waals surface area contributed by atoms with Gasteiger partial charge in [-0.05, 0) is 48.3 Å². The van der Waals surface area contributed by atoms with E-state index in [-0.39, 0.29) is 0 Å². The largest absolute Gasteiger partial charge is 0.326 e. The Kier molecular flexibility index (Phi) is 3.55. The van der Waals surface area contributed by atoms with Gasteiger partial charge in [-0.2, -0.15) is 0 Å². The molecule has 1 nitrogen and oxygen atoms in total. The Labute approximate surface area is 108 Å². The van der Waals surface area contributed by atoms with Gasteiger partial charge in [0, 0.05) is 16.1 Å². The molecule has 17 heavy (non-hydrogen) atoms. The molecule has 2 heteroatoms. The van der Waals surface area contributed by atoms with Crippen molar-refractivity contribution in [2.24, 2.45) is 11.7 Å². The fourth-order valence-corrected chi connectivity index (χ4v) is 3.66. The zero-order chi connectivity index (χ0) is 12.6. The minimum absolute atomic E-state index is 0.667. The Morgan fingerprint density at radius 2 is 1.82 bits per heavy atom. The molecule has 2 aromatic rings. The number of thiophene rings is 1. The molecule has 1 heterocycles. The van der Waals surface area contributed by atoms with E-state index in [0.29, 0.717) is 12.5 Å². The van der Waals surface area contributed by atoms with Crippen LogP contribution in [0.4, 0.5) is 0 Å². The molecule has 0 aliphatic rings. The van der Waals surface area contributed by atoms with Gasteiger partial charge in [0.15, 0.2) is 0 Å². The van der Waals surface area contributed by atoms with E-state index in [1.807, 2.05) is 11.3 Å². The number of hydrogen-bond donors (Lipinski definition) is 1. The third-order valence-electron chi connectivity index (χ3n) is 3.22. The van der Waals surface area contributed by atoms with Crippen molar-refractivity contribution in [3.63, 3.8) is 0 Å². The van der Waals surface area contributed by atoms with E-state index in [0.717, 1.165) is 6.42 Å². The molecule has 0 spiro atoms. The average Bonchev–Trinajstić information content (AvgIpc) is 2.63. The first-order valence-electron chi connectivity index (χ1n) is 6.25. The van der Waals surface area contributed by atoms with Gasteiger partial charge in [-0.3, -0.25) is 0 Å². The zero-order valence-corrected chi connectivity index (χ0v) is 11.9. The second-order valence-electron chi connectivity index (χ2n) is 5.21. The van der Waals surface area contributed by atoms with Crippen LogP contribution in [-0.2, 0) is 13.0 Å². The predicted octanol–water partition coefficient (Wildman–Crippen LogP) is 4.18. The molecule has 0 aliphatic carbocycles. The summed E-state index contributed by atoms with van der Waals surface area (Å²) >= 11 is 1.88. The third kappa shape index (κ3) is 2.24. The molecular weight excluding hydrogens is 226 g/mol. The molecule has 2 N–H and O–H groups in total. The van der Waals surface area contributed by atoms with Crippen LogP contribution in [0.5, 0.6) is 0 Å². The molecule has 0 radical (unpaired) electrons. The normalized spacial score (nSPS) is 11.6. The Morgan fingerprint density at radius 3 is 2.41 bits per heavy atom. The molecule has 0 aliphatic heterocycles. The van der Waals surface area contributed by atoms with E-state index in [1.165, 1.54) is 31.7 Å². The van der Waals surface area contributed by atoms with Gasteiger partial charge >= 0.3 is 0 Å². The van der Waals surface area contributed by atoms with Crippen LogP contribution in [0.2, 0.25) is 0 Å². The second kappa shape index (κ2) is 4.79. The smallest absolute Gasteiger partial charge is 0.0380 e. The molecule has 0 unspecified atom stereocenters. The third-order valence-corrected chi connectivity index (χ3v) is 4.61. The molecule has 2 rings (SSSR count). The lowest BCUT2D eigenvalue weighted by Crippen LogP contribution is -2.01. The molecule has 0 saturated carbocycles. The highest BCUT2D eigenvalue weighted by Crippen LogP contribution is 2.36. The highest BCUT2D eigenvalue weighted by molar-refractivity contribution is 7.19. The Balaban J connectivity index is 2.73. The first kappa shape index (κ1) is 12.6. The highest BCUT2D eigenvalue weighted by atomic mass is 32.1. The number of nitrogens with two attached hydrogens (primary N) is 1. The molecule has 0 bridgehead atoms. The van der Waals surface area contributed by atoms with Crippen molar-refractivity contribution in [2.75, 3.05) is 0 Å². The number of rotatable bonds is 3. The fourth-order valence-electron chi connectivity index (χ4n) is 2.41. The summed E-state index contributed by atoms with van der Waals surface area (Å²) < 4.78 is 1.43. The Hall–Kier alpha value is -0.860. The van der Waals surface area contributed by atoms with Crippen LogP contribution in [0, 0.1) is 19.8 Å². The van der Waals surface area contributed by atoms with E-state index in [1.54, 1.807) is 0 Å². The monoisotopic (exact) mass is 247 g/mol. The lowest BCUT2D eigenvalue weighted by Gasteiger charge is -2.08. The Morgan fingerprint density at radius 1 is 1.18 bits per heavy atom. The summed E-state index contributed by atoms with van der Waals surface area (Å²) in [6.07, 6.45) is 1.14. The average molecular weight is 247 g/mol. The lowest BCUT2D eigenvalue weighted by molar-refractivity contribution is 0.647. The molecule has 1 aromatic carbocycles. The SMILES string of the molecule is Cc1ccc(C)c2c(CC(C)C)c(CN)sc12. The number of aryl methyl sites for hydroxylation is 2. The van der Waals surface area contributed by atoms with E-state index in [9.17, 15) is 0 Å². The number of benzene rings is 1. The van der Waals surface area contributed by atoms with E-state index >= 15 is 0 Å². The van der Waals surface area contributed by atoms with Crippen molar-refractivity contribution in [2.45, 2.75) is 40.7 Å². The molecule has 1 aromatic heterocycles. The number of hydrogen-bond acceptors (Lipinski definition) is 2. The van der Waals surface area contributed by atoms with Crippen LogP contribution in [0.3, 0.4) is 0 Å². The van der Waals surface area contributed by atoms with Gasteiger partial charge in [-0.1, -0.05) is 26.0 Å². The van der Waals surface area contributed by atoms with E-state index < -0.39 is 0 Å². The highest BCUT2D eigenvalue weighted by Gasteiger charge is 2.15. The van der Waals surface area contributed by atoms with Crippen molar-refractivity contribution in [1.82, 2.24) is 0 Å². The number of fused-ring (bicyclic) bond motifs is 1. The van der Waals surface area contributed by atoms with Crippen LogP contribution >= 0.6 is 11.3 Å². The summed E-state index contributed by atoms with van der Waals surface area (Å²) in [5, 5.41) is 1.46. The van der Waals surface area contributed by atoms with Crippen molar-refractivity contribution in [1.29, 1.82) is 0 Å². The standard InChI is InChI=1S/C15H21NS/c1-9(2)7-12-13(8-16)17-15-11(4)6-5-10(3)14(12)15/h5-6,9H,7-8,16H2,1-4H3. The van der Waals surface area contributed by atoms with Crippen molar-refractivity contribution in [3.8, 4) is 0 Å². The van der Waals surface area contributed by atoms with Crippen LogP contribution in [0.1, 0.15) is 35.4 Å².